The van der Waals surface area contributed by atoms with Gasteiger partial charge in [-0.15, -0.1) is 0 Å². The lowest BCUT2D eigenvalue weighted by Crippen LogP contribution is -2.42. The quantitative estimate of drug-likeness (QED) is 0.606. The van der Waals surface area contributed by atoms with Crippen molar-refractivity contribution in [3.63, 3.8) is 0 Å². The lowest BCUT2D eigenvalue weighted by atomic mass is 9.86. The van der Waals surface area contributed by atoms with Crippen LogP contribution in [0.5, 0.6) is 0 Å². The van der Waals surface area contributed by atoms with E-state index in [1.54, 1.807) is 12.3 Å². The number of hydrogen-bond donors (Lipinski definition) is 2. The number of amides is 2. The number of nitrogens with one attached hydrogen (secondary N) is 1. The van der Waals surface area contributed by atoms with Crippen LogP contribution in [0, 0.1) is 18.8 Å². The second kappa shape index (κ2) is 9.83. The largest absolute Gasteiger partial charge is 0.387 e. The normalized spacial score (nSPS) is 22.6. The predicted octanol–water partition coefficient (Wildman–Crippen LogP) is 3.96. The van der Waals surface area contributed by atoms with E-state index in [9.17, 15) is 4.79 Å². The molecule has 1 aromatic rings. The molecule has 0 bridgehead atoms. The number of rotatable bonds is 5. The maximum absolute atomic E-state index is 12.1. The number of nitrogens with two attached hydrogens (primary N) is 1. The molecule has 1 atom stereocenters. The van der Waals surface area contributed by atoms with Crippen molar-refractivity contribution in [3.8, 4) is 0 Å². The summed E-state index contributed by atoms with van der Waals surface area (Å²) in [7, 11) is 0. The molecular formula is C21H33N5O. The van der Waals surface area contributed by atoms with Gasteiger partial charge in [-0.25, -0.2) is 9.78 Å². The fourth-order valence-electron chi connectivity index (χ4n) is 4.23. The Balaban J connectivity index is 1.47. The van der Waals surface area contributed by atoms with Crippen LogP contribution in [0.15, 0.2) is 23.3 Å². The lowest BCUT2D eigenvalue weighted by Gasteiger charge is -2.33. The first-order valence-electron chi connectivity index (χ1n) is 10.4. The molecule has 0 radical (unpaired) electrons. The summed E-state index contributed by atoms with van der Waals surface area (Å²) in [5.41, 5.74) is 7.22. The molecule has 1 aromatic heterocycles. The number of aliphatic imine (C=N–C) groups is 1. The molecule has 1 aliphatic heterocycles. The van der Waals surface area contributed by atoms with Gasteiger partial charge in [-0.1, -0.05) is 38.2 Å². The van der Waals surface area contributed by atoms with Crippen molar-refractivity contribution in [2.75, 3.05) is 25.0 Å². The zero-order valence-corrected chi connectivity index (χ0v) is 16.5. The fraction of sp³-hybridized carbons (Fsp3) is 0.667. The molecule has 2 heterocycles. The third-order valence-corrected chi connectivity index (χ3v) is 5.88. The summed E-state index contributed by atoms with van der Waals surface area (Å²) < 4.78 is 0. The zero-order valence-electron chi connectivity index (χ0n) is 16.5. The molecule has 148 valence electrons. The van der Waals surface area contributed by atoms with E-state index in [1.807, 2.05) is 13.0 Å². The molecule has 6 nitrogen and oxygen atoms in total. The van der Waals surface area contributed by atoms with Crippen LogP contribution < -0.4 is 11.1 Å². The van der Waals surface area contributed by atoms with Crippen LogP contribution in [0.4, 0.5) is 10.6 Å². The number of carbonyl (C=O) groups excluding carboxylic acids is 1. The van der Waals surface area contributed by atoms with Gasteiger partial charge in [0.2, 0.25) is 0 Å². The Kier molecular flexibility index (Phi) is 7.21. The monoisotopic (exact) mass is 371 g/mol. The van der Waals surface area contributed by atoms with Gasteiger partial charge in [0.25, 0.3) is 0 Å². The van der Waals surface area contributed by atoms with E-state index in [0.29, 0.717) is 11.7 Å². The minimum absolute atomic E-state index is 0.168. The lowest BCUT2D eigenvalue weighted by molar-refractivity contribution is 0.182. The highest BCUT2D eigenvalue weighted by Gasteiger charge is 2.24. The Morgan fingerprint density at radius 2 is 2.07 bits per heavy atom. The topological polar surface area (TPSA) is 83.6 Å². The number of carbonyl (C=O) groups is 1. The van der Waals surface area contributed by atoms with Gasteiger partial charge in [-0.3, -0.25) is 5.32 Å². The van der Waals surface area contributed by atoms with Gasteiger partial charge in [-0.2, -0.15) is 4.99 Å². The summed E-state index contributed by atoms with van der Waals surface area (Å²) in [5, 5.41) is 2.69. The molecular weight excluding hydrogens is 338 g/mol. The van der Waals surface area contributed by atoms with Crippen LogP contribution in [0.2, 0.25) is 0 Å². The van der Waals surface area contributed by atoms with Gasteiger partial charge in [0.05, 0.1) is 0 Å². The second-order valence-electron chi connectivity index (χ2n) is 8.12. The number of aryl methyl sites for hydroxylation is 1. The molecule has 2 aliphatic rings. The second-order valence-corrected chi connectivity index (χ2v) is 8.12. The molecule has 0 spiro atoms. The van der Waals surface area contributed by atoms with Crippen molar-refractivity contribution in [1.29, 1.82) is 0 Å². The molecule has 1 saturated carbocycles. The summed E-state index contributed by atoms with van der Waals surface area (Å²) in [5.74, 6) is 2.02. The minimum Gasteiger partial charge on any atom is -0.387 e. The number of piperidine rings is 1. The van der Waals surface area contributed by atoms with Crippen LogP contribution in [-0.4, -0.2) is 41.4 Å². The van der Waals surface area contributed by atoms with Crippen molar-refractivity contribution in [3.05, 3.63) is 23.9 Å². The summed E-state index contributed by atoms with van der Waals surface area (Å²) in [6.07, 6.45) is 12.1. The number of likely N-dealkylation sites (tertiary alicyclic amines) is 1. The Hall–Kier alpha value is -1.95. The van der Waals surface area contributed by atoms with Crippen LogP contribution in [-0.2, 0) is 0 Å². The number of amidine groups is 1. The van der Waals surface area contributed by atoms with Crippen molar-refractivity contribution in [1.82, 2.24) is 9.88 Å². The highest BCUT2D eigenvalue weighted by molar-refractivity contribution is 5.99. The van der Waals surface area contributed by atoms with Gasteiger partial charge in [0, 0.05) is 18.7 Å². The van der Waals surface area contributed by atoms with E-state index in [4.69, 9.17) is 5.73 Å². The van der Waals surface area contributed by atoms with Gasteiger partial charge in [-0.05, 0) is 56.8 Å². The van der Waals surface area contributed by atoms with Gasteiger partial charge in [0.15, 0.2) is 0 Å². The van der Waals surface area contributed by atoms with Crippen molar-refractivity contribution >= 4 is 17.7 Å². The zero-order chi connectivity index (χ0) is 19.1. The molecule has 2 fully saturated rings. The Labute approximate surface area is 162 Å². The third kappa shape index (κ3) is 6.31. The van der Waals surface area contributed by atoms with Crippen molar-refractivity contribution in [2.45, 2.75) is 58.3 Å². The number of pyridine rings is 1. The van der Waals surface area contributed by atoms with E-state index in [1.165, 1.54) is 38.5 Å². The summed E-state index contributed by atoms with van der Waals surface area (Å²) in [6, 6.07) is 3.23. The van der Waals surface area contributed by atoms with Gasteiger partial charge in [0.1, 0.15) is 11.7 Å². The molecule has 2 amide bonds. The van der Waals surface area contributed by atoms with Crippen LogP contribution >= 0.6 is 0 Å². The first kappa shape index (κ1) is 19.8. The molecule has 1 unspecified atom stereocenters. The summed E-state index contributed by atoms with van der Waals surface area (Å²) in [6.45, 7) is 5.15. The minimum atomic E-state index is -0.441. The maximum atomic E-state index is 12.1. The van der Waals surface area contributed by atoms with E-state index in [2.05, 4.69) is 20.2 Å². The number of aromatic nitrogens is 1. The SMILES string of the molecule is Cc1ccc(NC(=O)/N=C(\N)C2CCCN(CCC3CCCCC3)C2)nc1. The van der Waals surface area contributed by atoms with E-state index >= 15 is 0 Å². The number of nitrogens with zero attached hydrogens (tertiary/aromatic N) is 3. The average Bonchev–Trinajstić information content (AvgIpc) is 2.69. The number of urea groups is 1. The molecule has 1 aliphatic carbocycles. The summed E-state index contributed by atoms with van der Waals surface area (Å²) >= 11 is 0. The summed E-state index contributed by atoms with van der Waals surface area (Å²) in [4.78, 5) is 22.9. The molecule has 27 heavy (non-hydrogen) atoms. The number of anilines is 1. The Bertz CT molecular complexity index is 636. The molecule has 3 N–H and O–H groups in total. The fourth-order valence-corrected chi connectivity index (χ4v) is 4.23. The molecule has 3 rings (SSSR count). The highest BCUT2D eigenvalue weighted by atomic mass is 16.2. The van der Waals surface area contributed by atoms with Crippen LogP contribution in [0.3, 0.4) is 0 Å². The Morgan fingerprint density at radius 3 is 2.81 bits per heavy atom. The average molecular weight is 372 g/mol. The van der Waals surface area contributed by atoms with Crippen molar-refractivity contribution in [2.24, 2.45) is 22.6 Å². The predicted molar refractivity (Wildman–Crippen MR) is 110 cm³/mol. The Morgan fingerprint density at radius 1 is 1.26 bits per heavy atom. The van der Waals surface area contributed by atoms with E-state index in [-0.39, 0.29) is 5.92 Å². The van der Waals surface area contributed by atoms with E-state index < -0.39 is 6.03 Å². The molecule has 6 heteroatoms. The van der Waals surface area contributed by atoms with Crippen molar-refractivity contribution < 1.29 is 4.79 Å². The third-order valence-electron chi connectivity index (χ3n) is 5.88. The maximum Gasteiger partial charge on any atom is 0.348 e. The van der Waals surface area contributed by atoms with E-state index in [0.717, 1.165) is 44.0 Å². The smallest absolute Gasteiger partial charge is 0.348 e. The standard InChI is InChI=1S/C21H33N5O/c1-16-9-10-19(23-14-16)24-21(27)25-20(22)18-8-5-12-26(15-18)13-11-17-6-3-2-4-7-17/h9-10,14,17-18H,2-8,11-13,15H2,1H3,(H3,22,23,24,25,27). The first-order chi connectivity index (χ1) is 13.1. The van der Waals surface area contributed by atoms with Crippen LogP contribution in [0.1, 0.15) is 56.9 Å². The van der Waals surface area contributed by atoms with Crippen LogP contribution in [0.25, 0.3) is 0 Å². The van der Waals surface area contributed by atoms with Gasteiger partial charge >= 0.3 is 6.03 Å². The number of hydrogen-bond acceptors (Lipinski definition) is 3. The first-order valence-corrected chi connectivity index (χ1v) is 10.4. The van der Waals surface area contributed by atoms with Gasteiger partial charge < -0.3 is 10.6 Å². The molecule has 0 aromatic carbocycles. The molecule has 1 saturated heterocycles. The highest BCUT2D eigenvalue weighted by Crippen LogP contribution is 2.27.